The van der Waals surface area contributed by atoms with Gasteiger partial charge < -0.3 is 5.32 Å². The molecule has 2 nitrogen and oxygen atoms in total. The fourth-order valence-electron chi connectivity index (χ4n) is 1.05. The Labute approximate surface area is 78.0 Å². The molecule has 3 heteroatoms. The van der Waals surface area contributed by atoms with E-state index in [9.17, 15) is 0 Å². The Bertz CT molecular complexity index is 216. The van der Waals surface area contributed by atoms with E-state index in [1.54, 1.807) is 11.3 Å². The monoisotopic (exact) mass is 184 g/mol. The summed E-state index contributed by atoms with van der Waals surface area (Å²) in [7, 11) is 0. The normalized spacial score (nSPS) is 11.9. The molecule has 0 amide bonds. The average molecular weight is 184 g/mol. The Kier molecular flexibility index (Phi) is 3.23. The summed E-state index contributed by atoms with van der Waals surface area (Å²) in [4.78, 5) is 4.30. The van der Waals surface area contributed by atoms with E-state index >= 15 is 0 Å². The molecule has 0 aliphatic heterocycles. The molecule has 0 saturated carbocycles. The predicted octanol–water partition coefficient (Wildman–Crippen LogP) is 2.38. The van der Waals surface area contributed by atoms with Gasteiger partial charge in [0.05, 0.1) is 5.54 Å². The first-order valence-electron chi connectivity index (χ1n) is 4.32. The highest BCUT2D eigenvalue weighted by Crippen LogP contribution is 2.21. The van der Waals surface area contributed by atoms with Gasteiger partial charge in [-0.25, -0.2) is 4.98 Å². The summed E-state index contributed by atoms with van der Waals surface area (Å²) in [5.41, 5.74) is 0.0319. The Balaban J connectivity index is 2.59. The van der Waals surface area contributed by atoms with Crippen LogP contribution in [0.15, 0.2) is 11.6 Å². The van der Waals surface area contributed by atoms with E-state index in [1.165, 1.54) is 0 Å². The van der Waals surface area contributed by atoms with Crippen LogP contribution in [0.3, 0.4) is 0 Å². The van der Waals surface area contributed by atoms with Gasteiger partial charge >= 0.3 is 0 Å². The number of hydrogen-bond acceptors (Lipinski definition) is 3. The van der Waals surface area contributed by atoms with Crippen LogP contribution in [-0.2, 0) is 5.54 Å². The summed E-state index contributed by atoms with van der Waals surface area (Å²) < 4.78 is 0. The average Bonchev–Trinajstić information content (AvgIpc) is 2.53. The zero-order valence-corrected chi connectivity index (χ0v) is 8.74. The van der Waals surface area contributed by atoms with E-state index in [-0.39, 0.29) is 5.54 Å². The lowest BCUT2D eigenvalue weighted by molar-refractivity contribution is 0.402. The lowest BCUT2D eigenvalue weighted by Gasteiger charge is -2.23. The molecule has 0 fully saturated rings. The van der Waals surface area contributed by atoms with Crippen LogP contribution >= 0.6 is 11.3 Å². The van der Waals surface area contributed by atoms with Crippen molar-refractivity contribution in [3.8, 4) is 0 Å². The first-order valence-corrected chi connectivity index (χ1v) is 5.20. The minimum Gasteiger partial charge on any atom is -0.306 e. The summed E-state index contributed by atoms with van der Waals surface area (Å²) in [5, 5.41) is 6.64. The van der Waals surface area contributed by atoms with Crippen molar-refractivity contribution in [3.05, 3.63) is 16.6 Å². The van der Waals surface area contributed by atoms with Gasteiger partial charge in [-0.3, -0.25) is 0 Å². The Morgan fingerprint density at radius 3 is 2.83 bits per heavy atom. The summed E-state index contributed by atoms with van der Waals surface area (Å²) in [6.07, 6.45) is 3.02. The predicted molar refractivity (Wildman–Crippen MR) is 53.4 cm³/mol. The van der Waals surface area contributed by atoms with Gasteiger partial charge in [0.1, 0.15) is 5.01 Å². The van der Waals surface area contributed by atoms with Crippen LogP contribution in [0.25, 0.3) is 0 Å². The van der Waals surface area contributed by atoms with E-state index in [4.69, 9.17) is 0 Å². The number of rotatable bonds is 4. The Morgan fingerprint density at radius 1 is 1.58 bits per heavy atom. The van der Waals surface area contributed by atoms with Crippen LogP contribution in [0.5, 0.6) is 0 Å². The zero-order chi connectivity index (χ0) is 9.03. The third-order valence-corrected chi connectivity index (χ3v) is 2.88. The number of nitrogens with zero attached hydrogens (tertiary/aromatic N) is 1. The maximum atomic E-state index is 4.30. The highest BCUT2D eigenvalue weighted by atomic mass is 32.1. The van der Waals surface area contributed by atoms with Crippen LogP contribution in [0.1, 0.15) is 32.2 Å². The molecular formula is C9H16N2S. The second-order valence-corrected chi connectivity index (χ2v) is 4.28. The molecule has 1 rings (SSSR count). The SMILES string of the molecule is CCCNC(C)(C)c1nccs1. The van der Waals surface area contributed by atoms with Gasteiger partial charge in [-0.2, -0.15) is 0 Å². The number of aromatic nitrogens is 1. The molecule has 1 aromatic heterocycles. The van der Waals surface area contributed by atoms with Gasteiger partial charge in [0.25, 0.3) is 0 Å². The molecule has 1 heterocycles. The largest absolute Gasteiger partial charge is 0.306 e. The quantitative estimate of drug-likeness (QED) is 0.777. The van der Waals surface area contributed by atoms with E-state index in [0.29, 0.717) is 0 Å². The smallest absolute Gasteiger partial charge is 0.112 e. The first-order chi connectivity index (χ1) is 5.67. The van der Waals surface area contributed by atoms with Gasteiger partial charge in [0.15, 0.2) is 0 Å². The van der Waals surface area contributed by atoms with E-state index in [2.05, 4.69) is 31.1 Å². The number of thiazole rings is 1. The summed E-state index contributed by atoms with van der Waals surface area (Å²) in [6.45, 7) is 7.56. The summed E-state index contributed by atoms with van der Waals surface area (Å²) in [5.74, 6) is 0. The third-order valence-electron chi connectivity index (χ3n) is 1.78. The van der Waals surface area contributed by atoms with Crippen molar-refractivity contribution in [1.82, 2.24) is 10.3 Å². The van der Waals surface area contributed by atoms with Crippen molar-refractivity contribution in [2.45, 2.75) is 32.7 Å². The molecule has 0 radical (unpaired) electrons. The molecule has 0 unspecified atom stereocenters. The van der Waals surface area contributed by atoms with Crippen LogP contribution in [-0.4, -0.2) is 11.5 Å². The van der Waals surface area contributed by atoms with Crippen molar-refractivity contribution in [2.75, 3.05) is 6.54 Å². The van der Waals surface area contributed by atoms with Crippen LogP contribution in [0.2, 0.25) is 0 Å². The fraction of sp³-hybridized carbons (Fsp3) is 0.667. The van der Waals surface area contributed by atoms with E-state index in [1.807, 2.05) is 11.6 Å². The highest BCUT2D eigenvalue weighted by Gasteiger charge is 2.21. The number of nitrogens with one attached hydrogen (secondary N) is 1. The molecule has 0 aliphatic rings. The van der Waals surface area contributed by atoms with Gasteiger partial charge in [0.2, 0.25) is 0 Å². The molecule has 68 valence electrons. The van der Waals surface area contributed by atoms with Crippen LogP contribution in [0.4, 0.5) is 0 Å². The summed E-state index contributed by atoms with van der Waals surface area (Å²) in [6, 6.07) is 0. The maximum Gasteiger partial charge on any atom is 0.112 e. The fourth-order valence-corrected chi connectivity index (χ4v) is 1.78. The molecule has 1 N–H and O–H groups in total. The van der Waals surface area contributed by atoms with Crippen LogP contribution in [0, 0.1) is 0 Å². The van der Waals surface area contributed by atoms with Gasteiger partial charge in [-0.05, 0) is 26.8 Å². The molecule has 0 atom stereocenters. The molecule has 0 saturated heterocycles. The van der Waals surface area contributed by atoms with Gasteiger partial charge in [-0.15, -0.1) is 11.3 Å². The minimum atomic E-state index is 0.0319. The molecule has 0 bridgehead atoms. The molecule has 0 spiro atoms. The summed E-state index contributed by atoms with van der Waals surface area (Å²) >= 11 is 1.71. The molecular weight excluding hydrogens is 168 g/mol. The van der Waals surface area contributed by atoms with Crippen molar-refractivity contribution in [2.24, 2.45) is 0 Å². The van der Waals surface area contributed by atoms with Crippen molar-refractivity contribution in [3.63, 3.8) is 0 Å². The lowest BCUT2D eigenvalue weighted by Crippen LogP contribution is -2.36. The topological polar surface area (TPSA) is 24.9 Å². The maximum absolute atomic E-state index is 4.30. The van der Waals surface area contributed by atoms with Crippen LogP contribution < -0.4 is 5.32 Å². The molecule has 0 aromatic carbocycles. The minimum absolute atomic E-state index is 0.0319. The zero-order valence-electron chi connectivity index (χ0n) is 7.92. The van der Waals surface area contributed by atoms with E-state index in [0.717, 1.165) is 18.0 Å². The Morgan fingerprint density at radius 2 is 2.33 bits per heavy atom. The lowest BCUT2D eigenvalue weighted by atomic mass is 10.1. The second kappa shape index (κ2) is 4.01. The first kappa shape index (κ1) is 9.68. The molecule has 12 heavy (non-hydrogen) atoms. The highest BCUT2D eigenvalue weighted by molar-refractivity contribution is 7.09. The van der Waals surface area contributed by atoms with Crippen molar-refractivity contribution < 1.29 is 0 Å². The van der Waals surface area contributed by atoms with Crippen molar-refractivity contribution >= 4 is 11.3 Å². The standard InChI is InChI=1S/C9H16N2S/c1-4-5-11-9(2,3)8-10-6-7-12-8/h6-7,11H,4-5H2,1-3H3. The van der Waals surface area contributed by atoms with E-state index < -0.39 is 0 Å². The molecule has 1 aromatic rings. The second-order valence-electron chi connectivity index (χ2n) is 3.39. The molecule has 0 aliphatic carbocycles. The number of hydrogen-bond donors (Lipinski definition) is 1. The van der Waals surface area contributed by atoms with Crippen molar-refractivity contribution in [1.29, 1.82) is 0 Å². The van der Waals surface area contributed by atoms with Gasteiger partial charge in [0, 0.05) is 11.6 Å². The van der Waals surface area contributed by atoms with Gasteiger partial charge in [-0.1, -0.05) is 6.92 Å². The Hall–Kier alpha value is -0.410. The third kappa shape index (κ3) is 2.29.